The minimum absolute atomic E-state index is 0.0498. The molecule has 0 saturated carbocycles. The van der Waals surface area contributed by atoms with E-state index in [4.69, 9.17) is 10.2 Å². The maximum absolute atomic E-state index is 13.4. The van der Waals surface area contributed by atoms with Crippen LogP contribution in [0.2, 0.25) is 0 Å². The Balaban J connectivity index is 1.40. The second-order valence-electron chi connectivity index (χ2n) is 9.24. The first-order chi connectivity index (χ1) is 16.8. The molecule has 0 bridgehead atoms. The molecular formula is C26H27N5O3S. The van der Waals surface area contributed by atoms with Crippen molar-refractivity contribution in [2.45, 2.75) is 44.7 Å². The van der Waals surface area contributed by atoms with E-state index in [1.54, 1.807) is 17.4 Å². The van der Waals surface area contributed by atoms with E-state index in [1.807, 2.05) is 54.5 Å². The van der Waals surface area contributed by atoms with Crippen LogP contribution in [0.5, 0.6) is 5.75 Å². The minimum Gasteiger partial charge on any atom is -0.508 e. The largest absolute Gasteiger partial charge is 0.508 e. The number of aryl methyl sites for hydroxylation is 1. The van der Waals surface area contributed by atoms with Crippen molar-refractivity contribution >= 4 is 17.2 Å². The highest BCUT2D eigenvalue weighted by molar-refractivity contribution is 7.09. The van der Waals surface area contributed by atoms with Gasteiger partial charge in [0.25, 0.3) is 5.91 Å². The number of phenols is 1. The molecule has 3 heterocycles. The predicted molar refractivity (Wildman–Crippen MR) is 133 cm³/mol. The highest BCUT2D eigenvalue weighted by Crippen LogP contribution is 2.36. The Bertz CT molecular complexity index is 1350. The monoisotopic (exact) mass is 489 g/mol. The molecule has 1 amide bonds. The van der Waals surface area contributed by atoms with Gasteiger partial charge in [0.1, 0.15) is 10.8 Å². The molecule has 1 fully saturated rings. The van der Waals surface area contributed by atoms with Gasteiger partial charge in [-0.1, -0.05) is 30.3 Å². The van der Waals surface area contributed by atoms with Gasteiger partial charge in [-0.05, 0) is 56.9 Å². The number of aromatic nitrogens is 3. The lowest BCUT2D eigenvalue weighted by molar-refractivity contribution is 0.0735. The van der Waals surface area contributed by atoms with Crippen LogP contribution in [-0.2, 0) is 12.0 Å². The molecule has 8 nitrogen and oxygen atoms in total. The maximum atomic E-state index is 13.4. The number of benzene rings is 2. The summed E-state index contributed by atoms with van der Waals surface area (Å²) in [6.07, 6.45) is 2.30. The topological polar surface area (TPSA) is 118 Å². The van der Waals surface area contributed by atoms with Crippen LogP contribution in [0.3, 0.4) is 0 Å². The number of amides is 1. The number of aromatic hydroxyl groups is 1. The summed E-state index contributed by atoms with van der Waals surface area (Å²) in [7, 11) is 0. The first kappa shape index (κ1) is 23.2. The van der Waals surface area contributed by atoms with Gasteiger partial charge in [-0.25, -0.2) is 4.98 Å². The van der Waals surface area contributed by atoms with E-state index in [2.05, 4.69) is 15.2 Å². The van der Waals surface area contributed by atoms with Crippen LogP contribution in [0, 0.1) is 6.92 Å². The molecule has 0 unspecified atom stereocenters. The summed E-state index contributed by atoms with van der Waals surface area (Å²) >= 11 is 1.57. The highest BCUT2D eigenvalue weighted by Gasteiger charge is 2.33. The summed E-state index contributed by atoms with van der Waals surface area (Å²) in [5.41, 5.74) is 8.46. The molecule has 2 aromatic heterocycles. The lowest BCUT2D eigenvalue weighted by Gasteiger charge is -2.23. The highest BCUT2D eigenvalue weighted by atomic mass is 32.1. The average molecular weight is 490 g/mol. The first-order valence-corrected chi connectivity index (χ1v) is 12.4. The molecule has 0 spiro atoms. The molecule has 0 aliphatic carbocycles. The molecule has 1 saturated heterocycles. The van der Waals surface area contributed by atoms with Crippen LogP contribution < -0.4 is 5.73 Å². The van der Waals surface area contributed by atoms with Crippen molar-refractivity contribution in [3.63, 3.8) is 0 Å². The van der Waals surface area contributed by atoms with E-state index < -0.39 is 5.54 Å². The number of phenolic OH excluding ortho intramolecular Hbond substituents is 1. The van der Waals surface area contributed by atoms with Crippen molar-refractivity contribution in [3.05, 3.63) is 81.6 Å². The van der Waals surface area contributed by atoms with Crippen LogP contribution in [0.1, 0.15) is 58.3 Å². The van der Waals surface area contributed by atoms with Gasteiger partial charge >= 0.3 is 0 Å². The number of likely N-dealkylation sites (tertiary alicyclic amines) is 1. The number of rotatable bonds is 6. The molecule has 1 aliphatic heterocycles. The fraction of sp³-hybridized carbons (Fsp3) is 0.308. The summed E-state index contributed by atoms with van der Waals surface area (Å²) in [5, 5.41) is 21.7. The zero-order chi connectivity index (χ0) is 24.6. The van der Waals surface area contributed by atoms with Gasteiger partial charge in [0.05, 0.1) is 11.6 Å². The number of nitrogens with two attached hydrogens (primary N) is 1. The van der Waals surface area contributed by atoms with Crippen molar-refractivity contribution in [2.75, 3.05) is 6.54 Å². The van der Waals surface area contributed by atoms with Crippen LogP contribution >= 0.6 is 11.3 Å². The van der Waals surface area contributed by atoms with Gasteiger partial charge in [0.2, 0.25) is 11.8 Å². The molecule has 5 rings (SSSR count). The first-order valence-electron chi connectivity index (χ1n) is 11.5. The number of hydrogen-bond acceptors (Lipinski definition) is 8. The number of carbonyl (C=O) groups excluding carboxylic acids is 1. The lowest BCUT2D eigenvalue weighted by Crippen LogP contribution is -2.35. The summed E-state index contributed by atoms with van der Waals surface area (Å²) in [5.74, 6) is 0.269. The Morgan fingerprint density at radius 2 is 2.06 bits per heavy atom. The Morgan fingerprint density at radius 1 is 1.26 bits per heavy atom. The molecule has 9 heteroatoms. The second kappa shape index (κ2) is 9.24. The van der Waals surface area contributed by atoms with E-state index in [-0.39, 0.29) is 29.5 Å². The average Bonchev–Trinajstić information content (AvgIpc) is 3.59. The van der Waals surface area contributed by atoms with Crippen LogP contribution in [0.15, 0.2) is 58.3 Å². The molecule has 180 valence electrons. The van der Waals surface area contributed by atoms with Gasteiger partial charge in [-0.3, -0.25) is 4.79 Å². The second-order valence-corrected chi connectivity index (χ2v) is 10.1. The van der Waals surface area contributed by atoms with Crippen molar-refractivity contribution in [2.24, 2.45) is 5.73 Å². The fourth-order valence-electron chi connectivity index (χ4n) is 4.48. The number of carbonyl (C=O) groups is 1. The fourth-order valence-corrected chi connectivity index (χ4v) is 5.42. The van der Waals surface area contributed by atoms with E-state index in [9.17, 15) is 9.90 Å². The van der Waals surface area contributed by atoms with Crippen LogP contribution in [0.4, 0.5) is 0 Å². The van der Waals surface area contributed by atoms with Crippen molar-refractivity contribution in [1.29, 1.82) is 0 Å². The zero-order valence-corrected chi connectivity index (χ0v) is 20.5. The van der Waals surface area contributed by atoms with E-state index in [0.29, 0.717) is 24.1 Å². The van der Waals surface area contributed by atoms with Crippen molar-refractivity contribution in [3.8, 4) is 17.2 Å². The normalized spacial score (nSPS) is 17.5. The third kappa shape index (κ3) is 4.82. The smallest absolute Gasteiger partial charge is 0.254 e. The van der Waals surface area contributed by atoms with E-state index in [0.717, 1.165) is 29.1 Å². The number of nitrogens with zero attached hydrogens (tertiary/aromatic N) is 4. The SMILES string of the molecule is Cc1csc([C@H]2CCCN2C(=O)c2cc(O)cc(-c3nnc([C@@](C)(N)Cc4ccccc4)o3)c2)n1. The van der Waals surface area contributed by atoms with Gasteiger partial charge in [-0.2, -0.15) is 0 Å². The van der Waals surface area contributed by atoms with Crippen LogP contribution in [-0.4, -0.2) is 37.6 Å². The van der Waals surface area contributed by atoms with E-state index >= 15 is 0 Å². The zero-order valence-electron chi connectivity index (χ0n) is 19.6. The molecule has 2 aromatic carbocycles. The maximum Gasteiger partial charge on any atom is 0.254 e. The molecule has 1 aliphatic rings. The summed E-state index contributed by atoms with van der Waals surface area (Å²) in [6, 6.07) is 14.4. The Kier molecular flexibility index (Phi) is 6.12. The number of thiazole rings is 1. The number of hydrogen-bond donors (Lipinski definition) is 2. The van der Waals surface area contributed by atoms with Gasteiger partial charge in [0, 0.05) is 28.7 Å². The molecule has 35 heavy (non-hydrogen) atoms. The lowest BCUT2D eigenvalue weighted by atomic mass is 9.94. The minimum atomic E-state index is -0.878. The molecule has 4 aromatic rings. The molecule has 3 N–H and O–H groups in total. The summed E-state index contributed by atoms with van der Waals surface area (Å²) in [4.78, 5) is 19.9. The Hall–Kier alpha value is -3.56. The van der Waals surface area contributed by atoms with Gasteiger partial charge in [0.15, 0.2) is 0 Å². The third-order valence-corrected chi connectivity index (χ3v) is 7.24. The standard InChI is InChI=1S/C26H27N5O3S/c1-16-15-35-23(28-16)21-9-6-10-31(21)24(33)19-11-18(12-20(32)13-19)22-29-30-25(34-22)26(2,27)14-17-7-4-3-5-8-17/h3-5,7-8,11-13,15,21,32H,6,9-10,14,27H2,1-2H3/t21-,26+/m1/s1. The van der Waals surface area contributed by atoms with Gasteiger partial charge in [-0.15, -0.1) is 21.5 Å². The Labute approximate surface area is 207 Å². The molecular weight excluding hydrogens is 462 g/mol. The molecule has 0 radical (unpaired) electrons. The Morgan fingerprint density at radius 3 is 2.80 bits per heavy atom. The van der Waals surface area contributed by atoms with Crippen molar-refractivity contribution in [1.82, 2.24) is 20.1 Å². The third-order valence-electron chi connectivity index (χ3n) is 6.17. The van der Waals surface area contributed by atoms with E-state index in [1.165, 1.54) is 12.1 Å². The van der Waals surface area contributed by atoms with Gasteiger partial charge < -0.3 is 20.2 Å². The molecule has 2 atom stereocenters. The summed E-state index contributed by atoms with van der Waals surface area (Å²) in [6.45, 7) is 4.43. The predicted octanol–water partition coefficient (Wildman–Crippen LogP) is 4.60. The van der Waals surface area contributed by atoms with Crippen molar-refractivity contribution < 1.29 is 14.3 Å². The quantitative estimate of drug-likeness (QED) is 0.406. The van der Waals surface area contributed by atoms with Crippen LogP contribution in [0.25, 0.3) is 11.5 Å². The summed E-state index contributed by atoms with van der Waals surface area (Å²) < 4.78 is 5.92.